The molecule has 4 aromatic rings. The maximum Gasteiger partial charge on any atom is 0.127 e. The monoisotopic (exact) mass is 601 g/mol. The minimum Gasteiger partial charge on any atom is -0.457 e. The summed E-state index contributed by atoms with van der Waals surface area (Å²) in [6.45, 7) is 14.4. The van der Waals surface area contributed by atoms with Crippen LogP contribution in [0.2, 0.25) is 0 Å². The molecule has 2 heteroatoms. The SMILES string of the molecule is C=C=C(/C(C)=C/C=C\C)c1ccc(Oc2ccc(C(=C=Nc3cccc(C)c3)c3ccccc3)cc2)cc1.CC1=CC=CC(C)C1. The van der Waals surface area contributed by atoms with Gasteiger partial charge >= 0.3 is 0 Å². The van der Waals surface area contributed by atoms with Gasteiger partial charge in [0.15, 0.2) is 0 Å². The third-order valence-electron chi connectivity index (χ3n) is 7.46. The van der Waals surface area contributed by atoms with Crippen molar-refractivity contribution in [1.82, 2.24) is 0 Å². The fourth-order valence-electron chi connectivity index (χ4n) is 5.08. The topological polar surface area (TPSA) is 21.6 Å². The van der Waals surface area contributed by atoms with Crippen molar-refractivity contribution < 1.29 is 4.74 Å². The zero-order chi connectivity index (χ0) is 32.7. The molecule has 0 N–H and O–H groups in total. The maximum atomic E-state index is 6.13. The van der Waals surface area contributed by atoms with Crippen molar-refractivity contribution in [3.8, 4) is 11.5 Å². The number of hydrogen-bond acceptors (Lipinski definition) is 2. The Bertz CT molecular complexity index is 1840. The molecule has 0 aliphatic heterocycles. The normalized spacial score (nSPS) is 13.9. The summed E-state index contributed by atoms with van der Waals surface area (Å²) >= 11 is 0. The Morgan fingerprint density at radius 3 is 2.07 bits per heavy atom. The van der Waals surface area contributed by atoms with Crippen LogP contribution in [0, 0.1) is 12.8 Å². The average Bonchev–Trinajstić information content (AvgIpc) is 3.06. The highest BCUT2D eigenvalue weighted by atomic mass is 16.5. The van der Waals surface area contributed by atoms with Gasteiger partial charge in [-0.3, -0.25) is 0 Å². The molecule has 5 rings (SSSR count). The van der Waals surface area contributed by atoms with Crippen LogP contribution in [0.25, 0.3) is 11.1 Å². The Kier molecular flexibility index (Phi) is 12.5. The largest absolute Gasteiger partial charge is 0.457 e. The van der Waals surface area contributed by atoms with Crippen LogP contribution in [0.1, 0.15) is 56.4 Å². The van der Waals surface area contributed by atoms with Gasteiger partial charge in [0.2, 0.25) is 0 Å². The van der Waals surface area contributed by atoms with Gasteiger partial charge in [0.25, 0.3) is 0 Å². The molecule has 46 heavy (non-hydrogen) atoms. The number of allylic oxidation sites excluding steroid dienone is 9. The molecule has 0 heterocycles. The molecule has 1 aliphatic carbocycles. The van der Waals surface area contributed by atoms with Crippen LogP contribution in [0.5, 0.6) is 11.5 Å². The number of nitrogens with zero attached hydrogens (tertiary/aromatic N) is 1. The van der Waals surface area contributed by atoms with E-state index in [0.717, 1.165) is 56.5 Å². The molecule has 0 bridgehead atoms. The smallest absolute Gasteiger partial charge is 0.127 e. The Balaban J connectivity index is 0.000000523. The lowest BCUT2D eigenvalue weighted by Crippen LogP contribution is -1.93. The summed E-state index contributed by atoms with van der Waals surface area (Å²) in [6.07, 6.45) is 13.9. The fraction of sp³-hybridized carbons (Fsp3) is 0.159. The van der Waals surface area contributed by atoms with Gasteiger partial charge in [-0.1, -0.05) is 110 Å². The number of aliphatic imine (C=N–C) groups is 1. The summed E-state index contributed by atoms with van der Waals surface area (Å²) in [6, 6.07) is 34.3. The molecule has 0 fully saturated rings. The second-order valence-electron chi connectivity index (χ2n) is 11.5. The van der Waals surface area contributed by atoms with Gasteiger partial charge in [0.1, 0.15) is 11.5 Å². The summed E-state index contributed by atoms with van der Waals surface area (Å²) in [7, 11) is 0. The lowest BCUT2D eigenvalue weighted by Gasteiger charge is -2.10. The van der Waals surface area contributed by atoms with Crippen LogP contribution in [0.3, 0.4) is 0 Å². The lowest BCUT2D eigenvalue weighted by molar-refractivity contribution is 0.482. The lowest BCUT2D eigenvalue weighted by atomic mass is 9.97. The molecule has 230 valence electrons. The van der Waals surface area contributed by atoms with Gasteiger partial charge in [-0.05, 0) is 122 Å². The average molecular weight is 602 g/mol. The van der Waals surface area contributed by atoms with Crippen LogP contribution < -0.4 is 4.74 Å². The first-order chi connectivity index (χ1) is 22.4. The quantitative estimate of drug-likeness (QED) is 0.112. The molecule has 0 aromatic heterocycles. The predicted molar refractivity (Wildman–Crippen MR) is 198 cm³/mol. The van der Waals surface area contributed by atoms with Crippen molar-refractivity contribution in [3.63, 3.8) is 0 Å². The molecule has 2 nitrogen and oxygen atoms in total. The Labute approximate surface area is 275 Å². The van der Waals surface area contributed by atoms with E-state index < -0.39 is 0 Å². The van der Waals surface area contributed by atoms with Crippen molar-refractivity contribution >= 4 is 22.7 Å². The highest BCUT2D eigenvalue weighted by Gasteiger charge is 2.08. The molecular formula is C44H43NO. The first-order valence-electron chi connectivity index (χ1n) is 15.7. The van der Waals surface area contributed by atoms with Gasteiger partial charge in [-0.15, -0.1) is 5.73 Å². The van der Waals surface area contributed by atoms with Gasteiger partial charge in [-0.25, -0.2) is 4.99 Å². The standard InChI is InChI=1S/C36H31NO.C8H12/c1-5-7-13-28(4)35(6-2)30-17-21-33(22-18-30)38-34-23-19-31(20-24-34)36(29-14-9-8-10-15-29)26-37-32-16-11-12-27(3)25-32;1-7-4-3-5-8(2)6-7/h5,7-25H,2H2,1,3-4H3;3-5,7H,6H2,1-2H3/b7-5-,28-13+;. The van der Waals surface area contributed by atoms with E-state index in [9.17, 15) is 0 Å². The summed E-state index contributed by atoms with van der Waals surface area (Å²) in [5.41, 5.74) is 12.7. The van der Waals surface area contributed by atoms with Crippen molar-refractivity contribution in [2.24, 2.45) is 10.9 Å². The van der Waals surface area contributed by atoms with Crippen molar-refractivity contribution in [3.05, 3.63) is 185 Å². The Morgan fingerprint density at radius 2 is 1.50 bits per heavy atom. The zero-order valence-electron chi connectivity index (χ0n) is 27.6. The van der Waals surface area contributed by atoms with E-state index >= 15 is 0 Å². The molecule has 4 aromatic carbocycles. The van der Waals surface area contributed by atoms with E-state index in [4.69, 9.17) is 4.74 Å². The summed E-state index contributed by atoms with van der Waals surface area (Å²) in [5.74, 6) is 5.57. The molecule has 1 unspecified atom stereocenters. The fourth-order valence-corrected chi connectivity index (χ4v) is 5.08. The van der Waals surface area contributed by atoms with Crippen LogP contribution in [-0.4, -0.2) is 5.87 Å². The van der Waals surface area contributed by atoms with E-state index in [2.05, 4.69) is 93.4 Å². The van der Waals surface area contributed by atoms with E-state index in [1.54, 1.807) is 0 Å². The molecular weight excluding hydrogens is 558 g/mol. The molecule has 0 spiro atoms. The predicted octanol–water partition coefficient (Wildman–Crippen LogP) is 12.4. The number of aryl methyl sites for hydroxylation is 1. The molecule has 0 saturated carbocycles. The molecule has 0 saturated heterocycles. The third-order valence-corrected chi connectivity index (χ3v) is 7.46. The molecule has 0 radical (unpaired) electrons. The van der Waals surface area contributed by atoms with Crippen molar-refractivity contribution in [1.29, 1.82) is 0 Å². The number of rotatable bonds is 8. The van der Waals surface area contributed by atoms with Crippen LogP contribution >= 0.6 is 0 Å². The van der Waals surface area contributed by atoms with E-state index in [1.165, 1.54) is 17.6 Å². The van der Waals surface area contributed by atoms with Crippen LogP contribution in [-0.2, 0) is 0 Å². The number of hydrogen-bond donors (Lipinski definition) is 0. The maximum absolute atomic E-state index is 6.13. The molecule has 1 aliphatic rings. The van der Waals surface area contributed by atoms with Crippen molar-refractivity contribution in [2.45, 2.75) is 41.0 Å². The minimum absolute atomic E-state index is 0.758. The van der Waals surface area contributed by atoms with Gasteiger partial charge < -0.3 is 4.74 Å². The molecule has 1 atom stereocenters. The summed E-state index contributed by atoms with van der Waals surface area (Å²) < 4.78 is 6.13. The summed E-state index contributed by atoms with van der Waals surface area (Å²) in [5, 5.41) is 0. The first-order valence-corrected chi connectivity index (χ1v) is 15.7. The summed E-state index contributed by atoms with van der Waals surface area (Å²) in [4.78, 5) is 4.63. The Hall–Kier alpha value is -5.39. The molecule has 0 amide bonds. The van der Waals surface area contributed by atoms with E-state index in [-0.39, 0.29) is 0 Å². The second kappa shape index (κ2) is 17.2. The number of ether oxygens (including phenoxy) is 1. The second-order valence-corrected chi connectivity index (χ2v) is 11.5. The van der Waals surface area contributed by atoms with E-state index in [1.807, 2.05) is 104 Å². The highest BCUT2D eigenvalue weighted by Crippen LogP contribution is 2.29. The number of benzene rings is 4. The van der Waals surface area contributed by atoms with Gasteiger partial charge in [-0.2, -0.15) is 0 Å². The Morgan fingerprint density at radius 1 is 0.848 bits per heavy atom. The van der Waals surface area contributed by atoms with E-state index in [0.29, 0.717) is 0 Å². The minimum atomic E-state index is 0.758. The van der Waals surface area contributed by atoms with Gasteiger partial charge in [0, 0.05) is 5.57 Å². The first kappa shape index (κ1) is 33.5. The van der Waals surface area contributed by atoms with Gasteiger partial charge in [0.05, 0.1) is 11.3 Å². The van der Waals surface area contributed by atoms with Crippen LogP contribution in [0.15, 0.2) is 168 Å². The van der Waals surface area contributed by atoms with Crippen LogP contribution in [0.4, 0.5) is 5.69 Å². The van der Waals surface area contributed by atoms with Crippen molar-refractivity contribution in [2.75, 3.05) is 0 Å². The third kappa shape index (κ3) is 10.1. The highest BCUT2D eigenvalue weighted by molar-refractivity contribution is 5.99. The zero-order valence-corrected chi connectivity index (χ0v) is 27.6.